The smallest absolute Gasteiger partial charge is 0.328 e. The van der Waals surface area contributed by atoms with E-state index in [1.807, 2.05) is 18.2 Å². The van der Waals surface area contributed by atoms with Crippen LogP contribution in [-0.4, -0.2) is 60.9 Å². The van der Waals surface area contributed by atoms with Gasteiger partial charge in [-0.2, -0.15) is 0 Å². The van der Waals surface area contributed by atoms with Crippen molar-refractivity contribution in [1.29, 1.82) is 0 Å². The minimum atomic E-state index is -1.03. The quantitative estimate of drug-likeness (QED) is 0.887. The van der Waals surface area contributed by atoms with Crippen LogP contribution >= 0.6 is 0 Å². The molecule has 2 heterocycles. The van der Waals surface area contributed by atoms with E-state index < -0.39 is 12.0 Å². The molecular formula is C17H21NO6. The number of amides is 1. The number of carbonyl (C=O) groups excluding carboxylic acids is 1. The van der Waals surface area contributed by atoms with Crippen molar-refractivity contribution < 1.29 is 28.9 Å². The molecule has 1 fully saturated rings. The number of aliphatic carboxylic acids is 1. The van der Waals surface area contributed by atoms with Crippen molar-refractivity contribution in [2.45, 2.75) is 25.3 Å². The lowest BCUT2D eigenvalue weighted by Gasteiger charge is -2.32. The fraction of sp³-hybridized carbons (Fsp3) is 0.529. The van der Waals surface area contributed by atoms with Crippen molar-refractivity contribution >= 4 is 11.9 Å². The first kappa shape index (κ1) is 16.6. The number of rotatable bonds is 4. The summed E-state index contributed by atoms with van der Waals surface area (Å²) in [5, 5.41) is 9.20. The molecule has 0 unspecified atom stereocenters. The minimum absolute atomic E-state index is 0.0467. The molecule has 2 aliphatic heterocycles. The van der Waals surface area contributed by atoms with Crippen LogP contribution in [0.15, 0.2) is 18.2 Å². The lowest BCUT2D eigenvalue weighted by atomic mass is 10.1. The van der Waals surface area contributed by atoms with E-state index in [1.54, 1.807) is 0 Å². The summed E-state index contributed by atoms with van der Waals surface area (Å²) in [7, 11) is 0. The molecular weight excluding hydrogens is 314 g/mol. The van der Waals surface area contributed by atoms with Crippen molar-refractivity contribution in [3.8, 4) is 11.5 Å². The van der Waals surface area contributed by atoms with Crippen LogP contribution in [0.25, 0.3) is 0 Å². The number of nitrogens with zero attached hydrogens (tertiary/aromatic N) is 1. The van der Waals surface area contributed by atoms with Crippen molar-refractivity contribution in [1.82, 2.24) is 4.90 Å². The first-order valence-corrected chi connectivity index (χ1v) is 8.13. The van der Waals surface area contributed by atoms with Crippen molar-refractivity contribution in [3.05, 3.63) is 23.8 Å². The van der Waals surface area contributed by atoms with Crippen LogP contribution in [0, 0.1) is 0 Å². The summed E-state index contributed by atoms with van der Waals surface area (Å²) >= 11 is 0. The number of aryl methyl sites for hydroxylation is 1. The average molecular weight is 335 g/mol. The molecule has 0 aromatic heterocycles. The van der Waals surface area contributed by atoms with E-state index in [0.717, 1.165) is 17.7 Å². The predicted molar refractivity (Wildman–Crippen MR) is 84.3 cm³/mol. The van der Waals surface area contributed by atoms with E-state index >= 15 is 0 Å². The molecule has 3 rings (SSSR count). The third kappa shape index (κ3) is 3.79. The second kappa shape index (κ2) is 7.53. The number of ether oxygens (including phenoxy) is 3. The second-order valence-corrected chi connectivity index (χ2v) is 5.85. The number of carboxylic acid groups (broad SMARTS) is 1. The van der Waals surface area contributed by atoms with Crippen molar-refractivity contribution in [3.63, 3.8) is 0 Å². The fourth-order valence-electron chi connectivity index (χ4n) is 2.86. The highest BCUT2D eigenvalue weighted by atomic mass is 16.5. The van der Waals surface area contributed by atoms with Gasteiger partial charge in [0.2, 0.25) is 5.91 Å². The fourth-order valence-corrected chi connectivity index (χ4v) is 2.86. The lowest BCUT2D eigenvalue weighted by molar-refractivity contribution is -0.158. The van der Waals surface area contributed by atoms with Crippen LogP contribution in [0.1, 0.15) is 18.4 Å². The molecule has 0 aliphatic carbocycles. The third-order valence-corrected chi connectivity index (χ3v) is 4.17. The maximum atomic E-state index is 12.4. The molecule has 0 radical (unpaired) electrons. The topological polar surface area (TPSA) is 85.3 Å². The standard InChI is InChI=1S/C17H21NO6/c19-16(18-6-9-22-11-13(18)17(20)21)5-3-12-2-4-14-15(10-12)24-8-1-7-23-14/h2,4,10,13H,1,3,5-9,11H2,(H,20,21)/t13-/m1/s1. The van der Waals surface area contributed by atoms with E-state index in [2.05, 4.69) is 0 Å². The summed E-state index contributed by atoms with van der Waals surface area (Å²) in [6.07, 6.45) is 1.62. The normalized spacial score (nSPS) is 20.3. The zero-order valence-electron chi connectivity index (χ0n) is 13.4. The van der Waals surface area contributed by atoms with Gasteiger partial charge in [0.25, 0.3) is 0 Å². The number of hydrogen-bond donors (Lipinski definition) is 1. The van der Waals surface area contributed by atoms with E-state index in [4.69, 9.17) is 14.2 Å². The van der Waals surface area contributed by atoms with Crippen LogP contribution in [-0.2, 0) is 20.7 Å². The van der Waals surface area contributed by atoms with Gasteiger partial charge in [0.1, 0.15) is 0 Å². The Kier molecular flexibility index (Phi) is 5.20. The summed E-state index contributed by atoms with van der Waals surface area (Å²) in [6, 6.07) is 4.77. The number of fused-ring (bicyclic) bond motifs is 1. The van der Waals surface area contributed by atoms with Crippen LogP contribution in [0.3, 0.4) is 0 Å². The maximum Gasteiger partial charge on any atom is 0.328 e. The predicted octanol–water partition coefficient (Wildman–Crippen LogP) is 1.09. The van der Waals surface area contributed by atoms with E-state index in [1.165, 1.54) is 4.90 Å². The van der Waals surface area contributed by atoms with Gasteiger partial charge >= 0.3 is 5.97 Å². The highest BCUT2D eigenvalue weighted by Crippen LogP contribution is 2.30. The molecule has 1 atom stereocenters. The van der Waals surface area contributed by atoms with Gasteiger partial charge in [-0.25, -0.2) is 4.79 Å². The molecule has 130 valence electrons. The Balaban J connectivity index is 1.61. The Bertz CT molecular complexity index is 617. The van der Waals surface area contributed by atoms with Crippen molar-refractivity contribution in [2.24, 2.45) is 0 Å². The summed E-state index contributed by atoms with van der Waals surface area (Å²) < 4.78 is 16.4. The number of carbonyl (C=O) groups is 2. The molecule has 7 nitrogen and oxygen atoms in total. The van der Waals surface area contributed by atoms with Gasteiger partial charge in [-0.3, -0.25) is 4.79 Å². The first-order chi connectivity index (χ1) is 11.6. The van der Waals surface area contributed by atoms with Gasteiger partial charge in [-0.1, -0.05) is 6.07 Å². The average Bonchev–Trinajstić information content (AvgIpc) is 2.84. The van der Waals surface area contributed by atoms with Gasteiger partial charge in [0, 0.05) is 19.4 Å². The summed E-state index contributed by atoms with van der Waals surface area (Å²) in [5.74, 6) is 0.227. The van der Waals surface area contributed by atoms with Crippen LogP contribution in [0.5, 0.6) is 11.5 Å². The number of morpholine rings is 1. The molecule has 1 aromatic rings. The Morgan fingerprint density at radius 1 is 1.17 bits per heavy atom. The van der Waals surface area contributed by atoms with Gasteiger partial charge in [-0.15, -0.1) is 0 Å². The van der Waals surface area contributed by atoms with E-state index in [9.17, 15) is 14.7 Å². The second-order valence-electron chi connectivity index (χ2n) is 5.85. The zero-order chi connectivity index (χ0) is 16.9. The highest BCUT2D eigenvalue weighted by molar-refractivity contribution is 5.84. The molecule has 24 heavy (non-hydrogen) atoms. The molecule has 1 saturated heterocycles. The molecule has 7 heteroatoms. The maximum absolute atomic E-state index is 12.4. The minimum Gasteiger partial charge on any atom is -0.490 e. The zero-order valence-corrected chi connectivity index (χ0v) is 13.4. The Labute approximate surface area is 140 Å². The lowest BCUT2D eigenvalue weighted by Crippen LogP contribution is -2.52. The summed E-state index contributed by atoms with van der Waals surface area (Å²) in [5.41, 5.74) is 0.965. The van der Waals surface area contributed by atoms with Gasteiger partial charge in [0.15, 0.2) is 17.5 Å². The highest BCUT2D eigenvalue weighted by Gasteiger charge is 2.32. The Morgan fingerprint density at radius 3 is 2.75 bits per heavy atom. The Hall–Kier alpha value is -2.28. The molecule has 1 aromatic carbocycles. The molecule has 0 spiro atoms. The Morgan fingerprint density at radius 2 is 1.96 bits per heavy atom. The van der Waals surface area contributed by atoms with Crippen LogP contribution in [0.2, 0.25) is 0 Å². The largest absolute Gasteiger partial charge is 0.490 e. The first-order valence-electron chi connectivity index (χ1n) is 8.13. The van der Waals surface area contributed by atoms with Crippen molar-refractivity contribution in [2.75, 3.05) is 33.0 Å². The third-order valence-electron chi connectivity index (χ3n) is 4.17. The van der Waals surface area contributed by atoms with E-state index in [0.29, 0.717) is 38.5 Å². The molecule has 1 amide bonds. The number of carboxylic acids is 1. The monoisotopic (exact) mass is 335 g/mol. The number of hydrogen-bond acceptors (Lipinski definition) is 5. The molecule has 0 saturated carbocycles. The molecule has 2 aliphatic rings. The van der Waals surface area contributed by atoms with Gasteiger partial charge in [0.05, 0.1) is 26.4 Å². The van der Waals surface area contributed by atoms with E-state index in [-0.39, 0.29) is 18.9 Å². The summed E-state index contributed by atoms with van der Waals surface area (Å²) in [4.78, 5) is 25.0. The van der Waals surface area contributed by atoms with Crippen LogP contribution < -0.4 is 9.47 Å². The summed E-state index contributed by atoms with van der Waals surface area (Å²) in [6.45, 7) is 1.99. The number of benzene rings is 1. The molecule has 1 N–H and O–H groups in total. The van der Waals surface area contributed by atoms with Gasteiger partial charge in [-0.05, 0) is 24.1 Å². The SMILES string of the molecule is O=C(O)[C@H]1COCCN1C(=O)CCc1ccc2c(c1)OCCCO2. The van der Waals surface area contributed by atoms with Crippen LogP contribution in [0.4, 0.5) is 0 Å². The molecule has 0 bridgehead atoms. The van der Waals surface area contributed by atoms with Gasteiger partial charge < -0.3 is 24.2 Å².